The van der Waals surface area contributed by atoms with Crippen LogP contribution in [0.1, 0.15) is 32.3 Å². The molecule has 2 unspecified atom stereocenters. The Balaban J connectivity index is 0.000000350. The minimum Gasteiger partial charge on any atom is -0.485 e. The van der Waals surface area contributed by atoms with Crippen LogP contribution in [0.3, 0.4) is 0 Å². The molecule has 0 saturated carbocycles. The minimum absolute atomic E-state index is 0.194. The molecule has 1 aromatic heterocycles. The van der Waals surface area contributed by atoms with Crippen molar-refractivity contribution in [3.8, 4) is 17.0 Å². The third-order valence-electron chi connectivity index (χ3n) is 6.58. The van der Waals surface area contributed by atoms with Gasteiger partial charge in [0.15, 0.2) is 0 Å². The minimum atomic E-state index is -4.21. The zero-order valence-corrected chi connectivity index (χ0v) is 20.7. The first kappa shape index (κ1) is 26.3. The lowest BCUT2D eigenvalue weighted by molar-refractivity contribution is -0.206. The van der Waals surface area contributed by atoms with Crippen LogP contribution in [-0.2, 0) is 16.0 Å². The van der Waals surface area contributed by atoms with Crippen LogP contribution in [0.4, 0.5) is 13.2 Å². The van der Waals surface area contributed by atoms with Gasteiger partial charge >= 0.3 is 6.18 Å². The van der Waals surface area contributed by atoms with E-state index in [2.05, 4.69) is 53.2 Å². The normalized spacial score (nSPS) is 21.2. The summed E-state index contributed by atoms with van der Waals surface area (Å²) in [5.41, 5.74) is 3.18. The van der Waals surface area contributed by atoms with Gasteiger partial charge in [-0.05, 0) is 51.1 Å². The van der Waals surface area contributed by atoms with Crippen molar-refractivity contribution in [2.24, 2.45) is 5.92 Å². The van der Waals surface area contributed by atoms with Crippen molar-refractivity contribution >= 4 is 18.2 Å². The van der Waals surface area contributed by atoms with Crippen LogP contribution in [0.5, 0.6) is 5.75 Å². The molecule has 2 atom stereocenters. The highest BCUT2D eigenvalue weighted by molar-refractivity contribution is 7.98. The third-order valence-corrected chi connectivity index (χ3v) is 7.32. The maximum atomic E-state index is 11.3. The van der Waals surface area contributed by atoms with Gasteiger partial charge in [-0.1, -0.05) is 12.1 Å². The van der Waals surface area contributed by atoms with E-state index in [4.69, 9.17) is 4.74 Å². The highest BCUT2D eigenvalue weighted by Crippen LogP contribution is 2.43. The number of aromatic nitrogens is 1. The Morgan fingerprint density at radius 3 is 2.41 bits per heavy atom. The van der Waals surface area contributed by atoms with Gasteiger partial charge in [0.2, 0.25) is 6.41 Å². The second-order valence-corrected chi connectivity index (χ2v) is 9.71. The highest BCUT2D eigenvalue weighted by atomic mass is 32.2. The van der Waals surface area contributed by atoms with Crippen molar-refractivity contribution in [3.63, 3.8) is 0 Å². The molecule has 9 heteroatoms. The Morgan fingerprint density at radius 2 is 1.91 bits per heavy atom. The van der Waals surface area contributed by atoms with Crippen LogP contribution >= 0.6 is 11.8 Å². The number of methoxy groups -OCH3 is 1. The third kappa shape index (κ3) is 6.24. The molecule has 1 aromatic carbocycles. The zero-order valence-electron chi connectivity index (χ0n) is 19.9. The standard InChI is InChI=1S/C21H24N2O2S.C4H7F3O/c1-21(17-7-9-23(14-24)10-8-17)12-16-11-19(22-13-20(16)25-21)15-3-5-18(26-2)6-4-15;1-3(8-2)4(5,6)7/h3-6,11,13-14,17H,7-10,12H2,1-2H3;3H,1-2H3. The number of hydrogen-bond donors (Lipinski definition) is 0. The van der Waals surface area contributed by atoms with Gasteiger partial charge in [0.05, 0.1) is 11.9 Å². The number of halogens is 3. The van der Waals surface area contributed by atoms with E-state index < -0.39 is 12.3 Å². The summed E-state index contributed by atoms with van der Waals surface area (Å²) in [7, 11) is 1.03. The van der Waals surface area contributed by atoms with Crippen molar-refractivity contribution in [2.75, 3.05) is 26.5 Å². The molecular weight excluding hydrogens is 465 g/mol. The molecular formula is C25H31F3N2O3S. The second-order valence-electron chi connectivity index (χ2n) is 8.83. The quantitative estimate of drug-likeness (QED) is 0.398. The number of alkyl halides is 3. The summed E-state index contributed by atoms with van der Waals surface area (Å²) < 4.78 is 44.3. The number of rotatable bonds is 5. The van der Waals surface area contributed by atoms with Gasteiger partial charge in [-0.3, -0.25) is 9.78 Å². The monoisotopic (exact) mass is 496 g/mol. The average molecular weight is 497 g/mol. The summed E-state index contributed by atoms with van der Waals surface area (Å²) in [6.07, 6.45) is 1.96. The zero-order chi connectivity index (χ0) is 24.9. The van der Waals surface area contributed by atoms with Gasteiger partial charge in [0.25, 0.3) is 0 Å². The molecule has 0 N–H and O–H groups in total. The van der Waals surface area contributed by atoms with E-state index in [1.54, 1.807) is 11.8 Å². The van der Waals surface area contributed by atoms with Gasteiger partial charge < -0.3 is 14.4 Å². The van der Waals surface area contributed by atoms with Gasteiger partial charge in [0.1, 0.15) is 17.5 Å². The molecule has 2 aromatic rings. The molecule has 5 nitrogen and oxygen atoms in total. The van der Waals surface area contributed by atoms with E-state index in [1.807, 2.05) is 11.1 Å². The van der Waals surface area contributed by atoms with Gasteiger partial charge in [0, 0.05) is 48.6 Å². The van der Waals surface area contributed by atoms with E-state index in [1.165, 1.54) is 10.5 Å². The summed E-state index contributed by atoms with van der Waals surface area (Å²) in [5, 5.41) is 0. The van der Waals surface area contributed by atoms with E-state index in [0.717, 1.165) is 69.8 Å². The van der Waals surface area contributed by atoms with Gasteiger partial charge in [-0.25, -0.2) is 0 Å². The molecule has 34 heavy (non-hydrogen) atoms. The predicted octanol–water partition coefficient (Wildman–Crippen LogP) is 5.62. The lowest BCUT2D eigenvalue weighted by Crippen LogP contribution is -2.45. The number of benzene rings is 1. The fourth-order valence-electron chi connectivity index (χ4n) is 4.28. The summed E-state index contributed by atoms with van der Waals surface area (Å²) in [6.45, 7) is 4.82. The Bertz CT molecular complexity index is 963. The number of carbonyl (C=O) groups is 1. The number of fused-ring (bicyclic) bond motifs is 1. The first-order valence-corrected chi connectivity index (χ1v) is 12.4. The van der Waals surface area contributed by atoms with E-state index in [0.29, 0.717) is 5.92 Å². The Hall–Kier alpha value is -2.26. The molecule has 0 radical (unpaired) electrons. The molecule has 1 amide bonds. The topological polar surface area (TPSA) is 51.7 Å². The fraction of sp³-hybridized carbons (Fsp3) is 0.520. The Morgan fingerprint density at radius 1 is 1.26 bits per heavy atom. The van der Waals surface area contributed by atoms with Crippen molar-refractivity contribution in [1.82, 2.24) is 9.88 Å². The number of nitrogens with zero attached hydrogens (tertiary/aromatic N) is 2. The van der Waals surface area contributed by atoms with Crippen molar-refractivity contribution in [1.29, 1.82) is 0 Å². The maximum absolute atomic E-state index is 11.3. The predicted molar refractivity (Wildman–Crippen MR) is 127 cm³/mol. The highest BCUT2D eigenvalue weighted by Gasteiger charge is 2.43. The number of ether oxygens (including phenoxy) is 2. The number of thioether (sulfide) groups is 1. The molecule has 1 saturated heterocycles. The number of piperidine rings is 1. The average Bonchev–Trinajstić information content (AvgIpc) is 3.20. The van der Waals surface area contributed by atoms with Gasteiger partial charge in [-0.2, -0.15) is 13.2 Å². The molecule has 2 aliphatic rings. The lowest BCUT2D eigenvalue weighted by atomic mass is 9.79. The first-order valence-electron chi connectivity index (χ1n) is 11.2. The summed E-state index contributed by atoms with van der Waals surface area (Å²) in [6, 6.07) is 10.7. The Kier molecular flexibility index (Phi) is 8.52. The summed E-state index contributed by atoms with van der Waals surface area (Å²) in [5.74, 6) is 1.38. The smallest absolute Gasteiger partial charge is 0.414 e. The van der Waals surface area contributed by atoms with Crippen LogP contribution in [0.25, 0.3) is 11.3 Å². The SMILES string of the molecule is COC(C)C(F)(F)F.CSc1ccc(-c2cc3c(cn2)OC(C)(C2CCN(C=O)CC2)C3)cc1. The van der Waals surface area contributed by atoms with Gasteiger partial charge in [-0.15, -0.1) is 11.8 Å². The molecule has 0 spiro atoms. The van der Waals surface area contributed by atoms with Crippen molar-refractivity contribution < 1.29 is 27.4 Å². The largest absolute Gasteiger partial charge is 0.485 e. The van der Waals surface area contributed by atoms with Crippen molar-refractivity contribution in [3.05, 3.63) is 42.1 Å². The van der Waals surface area contributed by atoms with Crippen LogP contribution in [-0.4, -0.2) is 60.6 Å². The molecule has 4 rings (SSSR count). The van der Waals surface area contributed by atoms with Crippen LogP contribution < -0.4 is 4.74 Å². The van der Waals surface area contributed by atoms with E-state index >= 15 is 0 Å². The van der Waals surface area contributed by atoms with Crippen LogP contribution in [0.15, 0.2) is 41.4 Å². The maximum Gasteiger partial charge on any atom is 0.414 e. The number of amides is 1. The molecule has 0 aliphatic carbocycles. The Labute approximate surface area is 203 Å². The lowest BCUT2D eigenvalue weighted by Gasteiger charge is -2.38. The molecule has 1 fully saturated rings. The van der Waals surface area contributed by atoms with E-state index in [9.17, 15) is 18.0 Å². The molecule has 3 heterocycles. The molecule has 0 bridgehead atoms. The number of pyridine rings is 1. The number of hydrogen-bond acceptors (Lipinski definition) is 5. The van der Waals surface area contributed by atoms with Crippen LogP contribution in [0, 0.1) is 5.92 Å². The number of carbonyl (C=O) groups excluding carboxylic acids is 1. The van der Waals surface area contributed by atoms with Crippen LogP contribution in [0.2, 0.25) is 0 Å². The number of likely N-dealkylation sites (tertiary alicyclic amines) is 1. The molecule has 2 aliphatic heterocycles. The summed E-state index contributed by atoms with van der Waals surface area (Å²) >= 11 is 1.74. The fourth-order valence-corrected chi connectivity index (χ4v) is 4.68. The van der Waals surface area contributed by atoms with E-state index in [-0.39, 0.29) is 5.60 Å². The molecule has 186 valence electrons. The summed E-state index contributed by atoms with van der Waals surface area (Å²) in [4.78, 5) is 18.7. The van der Waals surface area contributed by atoms with Crippen molar-refractivity contribution in [2.45, 2.75) is 55.9 Å². The first-order chi connectivity index (χ1) is 16.1. The second kappa shape index (κ2) is 11.0.